The van der Waals surface area contributed by atoms with Crippen LogP contribution in [0.15, 0.2) is 48.5 Å². The number of hydrogen-bond acceptors (Lipinski definition) is 4. The third kappa shape index (κ3) is 6.55. The van der Waals surface area contributed by atoms with Crippen LogP contribution in [0.25, 0.3) is 0 Å². The molecule has 2 aromatic rings. The first-order chi connectivity index (χ1) is 15.6. The Balaban J connectivity index is 1.37. The van der Waals surface area contributed by atoms with Crippen molar-refractivity contribution in [3.63, 3.8) is 0 Å². The fourth-order valence-electron chi connectivity index (χ4n) is 5.02. The van der Waals surface area contributed by atoms with E-state index in [0.29, 0.717) is 18.4 Å². The number of benzene rings is 2. The number of morpholine rings is 1. The lowest BCUT2D eigenvalue weighted by Gasteiger charge is -2.45. The number of piperidine rings is 1. The van der Waals surface area contributed by atoms with Crippen LogP contribution in [0.5, 0.6) is 0 Å². The number of nitrogens with zero attached hydrogens (tertiary/aromatic N) is 2. The summed E-state index contributed by atoms with van der Waals surface area (Å²) in [5, 5.41) is 3.85. The first-order valence-electron chi connectivity index (χ1n) is 11.7. The van der Waals surface area contributed by atoms with Gasteiger partial charge in [-0.3, -0.25) is 14.6 Å². The minimum absolute atomic E-state index is 0.103. The fraction of sp³-hybridized carbons (Fsp3) is 0.500. The van der Waals surface area contributed by atoms with E-state index < -0.39 is 0 Å². The van der Waals surface area contributed by atoms with Crippen molar-refractivity contribution in [1.29, 1.82) is 0 Å². The van der Waals surface area contributed by atoms with Gasteiger partial charge >= 0.3 is 0 Å². The Morgan fingerprint density at radius 1 is 1.12 bits per heavy atom. The minimum atomic E-state index is 0.103. The van der Waals surface area contributed by atoms with Crippen LogP contribution in [0.2, 0.25) is 5.02 Å². The summed E-state index contributed by atoms with van der Waals surface area (Å²) in [6.07, 6.45) is 2.59. The van der Waals surface area contributed by atoms with Gasteiger partial charge in [-0.1, -0.05) is 35.9 Å². The summed E-state index contributed by atoms with van der Waals surface area (Å²) >= 11 is 6.05. The van der Waals surface area contributed by atoms with Crippen LogP contribution in [0.1, 0.15) is 30.4 Å². The lowest BCUT2D eigenvalue weighted by molar-refractivity contribution is -0.116. The van der Waals surface area contributed by atoms with E-state index >= 15 is 0 Å². The molecule has 32 heavy (non-hydrogen) atoms. The van der Waals surface area contributed by atoms with Gasteiger partial charge in [-0.25, -0.2) is 0 Å². The molecule has 0 aromatic heterocycles. The van der Waals surface area contributed by atoms with Gasteiger partial charge in [0.25, 0.3) is 0 Å². The number of carbonyl (C=O) groups excluding carboxylic acids is 1. The molecule has 6 heteroatoms. The molecule has 1 amide bonds. The van der Waals surface area contributed by atoms with Gasteiger partial charge in [-0.05, 0) is 67.6 Å². The summed E-state index contributed by atoms with van der Waals surface area (Å²) in [6, 6.07) is 16.7. The van der Waals surface area contributed by atoms with Crippen molar-refractivity contribution in [3.05, 3.63) is 64.7 Å². The fourth-order valence-corrected chi connectivity index (χ4v) is 5.15. The lowest BCUT2D eigenvalue weighted by Crippen LogP contribution is -2.53. The molecule has 1 N–H and O–H groups in total. The number of hydrogen-bond donors (Lipinski definition) is 1. The van der Waals surface area contributed by atoms with E-state index in [1.807, 2.05) is 43.3 Å². The van der Waals surface area contributed by atoms with Gasteiger partial charge in [-0.15, -0.1) is 0 Å². The molecular formula is C26H34ClN3O2. The van der Waals surface area contributed by atoms with Crippen molar-refractivity contribution in [3.8, 4) is 0 Å². The monoisotopic (exact) mass is 455 g/mol. The molecule has 2 saturated heterocycles. The van der Waals surface area contributed by atoms with Gasteiger partial charge in [0.05, 0.1) is 13.2 Å². The van der Waals surface area contributed by atoms with E-state index in [4.69, 9.17) is 16.3 Å². The van der Waals surface area contributed by atoms with Crippen LogP contribution in [0, 0.1) is 12.8 Å². The van der Waals surface area contributed by atoms with Crippen molar-refractivity contribution in [2.75, 3.05) is 44.7 Å². The van der Waals surface area contributed by atoms with E-state index in [1.165, 1.54) is 5.56 Å². The smallest absolute Gasteiger partial charge is 0.224 e. The highest BCUT2D eigenvalue weighted by atomic mass is 35.5. The summed E-state index contributed by atoms with van der Waals surface area (Å²) in [5.41, 5.74) is 3.32. The molecule has 2 aliphatic rings. The van der Waals surface area contributed by atoms with Crippen LogP contribution >= 0.6 is 11.6 Å². The molecule has 0 aliphatic carbocycles. The Morgan fingerprint density at radius 2 is 1.91 bits per heavy atom. The first kappa shape index (κ1) is 23.2. The highest BCUT2D eigenvalue weighted by molar-refractivity contribution is 6.30. The van der Waals surface area contributed by atoms with Crippen molar-refractivity contribution < 1.29 is 9.53 Å². The standard InChI is InChI=1S/C26H34ClN3O2/c1-20-3-2-4-24(17-20)28-26(31)10-7-22-19-29(18-21-5-8-23(27)9-6-21)12-11-25(22)30-13-15-32-16-14-30/h2-6,8-9,17,22,25H,7,10-16,18-19H2,1H3,(H,28,31)/t22-,25+/m0/s1. The predicted octanol–water partition coefficient (Wildman–Crippen LogP) is 4.59. The highest BCUT2D eigenvalue weighted by Crippen LogP contribution is 2.28. The Kier molecular flexibility index (Phi) is 8.20. The summed E-state index contributed by atoms with van der Waals surface area (Å²) in [4.78, 5) is 17.8. The number of amides is 1. The summed E-state index contributed by atoms with van der Waals surface area (Å²) in [5.74, 6) is 0.573. The second-order valence-corrected chi connectivity index (χ2v) is 9.52. The number of carbonyl (C=O) groups is 1. The van der Waals surface area contributed by atoms with E-state index in [9.17, 15) is 4.79 Å². The first-order valence-corrected chi connectivity index (χ1v) is 12.1. The molecule has 2 aromatic carbocycles. The third-order valence-electron chi connectivity index (χ3n) is 6.66. The SMILES string of the molecule is Cc1cccc(NC(=O)CC[C@H]2CN(Cc3ccc(Cl)cc3)CC[C@H]2N2CCOCC2)c1. The zero-order valence-electron chi connectivity index (χ0n) is 18.9. The predicted molar refractivity (Wildman–Crippen MR) is 130 cm³/mol. The van der Waals surface area contributed by atoms with E-state index in [2.05, 4.69) is 27.2 Å². The second-order valence-electron chi connectivity index (χ2n) is 9.08. The van der Waals surface area contributed by atoms with Crippen molar-refractivity contribution in [2.45, 2.75) is 38.8 Å². The number of likely N-dealkylation sites (tertiary alicyclic amines) is 1. The van der Waals surface area contributed by atoms with Crippen LogP contribution in [-0.4, -0.2) is 61.1 Å². The summed E-state index contributed by atoms with van der Waals surface area (Å²) < 4.78 is 5.58. The van der Waals surface area contributed by atoms with Crippen molar-refractivity contribution in [2.24, 2.45) is 5.92 Å². The molecule has 5 nitrogen and oxygen atoms in total. The molecule has 0 saturated carbocycles. The van der Waals surface area contributed by atoms with Crippen LogP contribution in [0.4, 0.5) is 5.69 Å². The number of anilines is 1. The quantitative estimate of drug-likeness (QED) is 0.663. The van der Waals surface area contributed by atoms with Gasteiger partial charge in [0.1, 0.15) is 0 Å². The molecule has 0 unspecified atom stereocenters. The number of aryl methyl sites for hydroxylation is 1. The second kappa shape index (κ2) is 11.3. The Hall–Kier alpha value is -1.92. The maximum atomic E-state index is 12.7. The molecule has 2 fully saturated rings. The van der Waals surface area contributed by atoms with Crippen LogP contribution < -0.4 is 5.32 Å². The largest absolute Gasteiger partial charge is 0.379 e. The molecule has 0 radical (unpaired) electrons. The van der Waals surface area contributed by atoms with E-state index in [0.717, 1.165) is 75.1 Å². The van der Waals surface area contributed by atoms with Crippen molar-refractivity contribution >= 4 is 23.2 Å². The number of nitrogens with one attached hydrogen (secondary N) is 1. The Bertz CT molecular complexity index is 883. The van der Waals surface area contributed by atoms with Gasteiger partial charge in [-0.2, -0.15) is 0 Å². The van der Waals surface area contributed by atoms with E-state index in [-0.39, 0.29) is 5.91 Å². The normalized spacial score (nSPS) is 22.6. The molecule has 2 aliphatic heterocycles. The molecule has 4 rings (SSSR count). The van der Waals surface area contributed by atoms with Gasteiger partial charge in [0.15, 0.2) is 0 Å². The minimum Gasteiger partial charge on any atom is -0.379 e. The van der Waals surface area contributed by atoms with Gasteiger partial charge < -0.3 is 10.1 Å². The molecule has 172 valence electrons. The molecule has 0 spiro atoms. The zero-order chi connectivity index (χ0) is 22.3. The average molecular weight is 456 g/mol. The average Bonchev–Trinajstić information content (AvgIpc) is 2.80. The van der Waals surface area contributed by atoms with Crippen molar-refractivity contribution in [1.82, 2.24) is 9.80 Å². The lowest BCUT2D eigenvalue weighted by atomic mass is 9.86. The van der Waals surface area contributed by atoms with Gasteiger partial charge in [0.2, 0.25) is 5.91 Å². The van der Waals surface area contributed by atoms with Gasteiger partial charge in [0, 0.05) is 49.4 Å². The number of halogens is 1. The summed E-state index contributed by atoms with van der Waals surface area (Å²) in [6.45, 7) is 8.68. The third-order valence-corrected chi connectivity index (χ3v) is 6.91. The maximum absolute atomic E-state index is 12.7. The Labute approximate surface area is 196 Å². The topological polar surface area (TPSA) is 44.8 Å². The van der Waals surface area contributed by atoms with Crippen LogP contribution in [-0.2, 0) is 16.1 Å². The Morgan fingerprint density at radius 3 is 2.66 bits per heavy atom. The molecule has 2 atom stereocenters. The molecule has 2 heterocycles. The van der Waals surface area contributed by atoms with Crippen LogP contribution in [0.3, 0.4) is 0 Å². The summed E-state index contributed by atoms with van der Waals surface area (Å²) in [7, 11) is 0. The zero-order valence-corrected chi connectivity index (χ0v) is 19.7. The maximum Gasteiger partial charge on any atom is 0.224 e. The molecular weight excluding hydrogens is 422 g/mol. The molecule has 0 bridgehead atoms. The number of ether oxygens (including phenoxy) is 1. The highest BCUT2D eigenvalue weighted by Gasteiger charge is 2.34. The number of rotatable bonds is 7. The van der Waals surface area contributed by atoms with E-state index in [1.54, 1.807) is 0 Å².